The molecule has 2 rings (SSSR count). The number of amides is 1. The Labute approximate surface area is 135 Å². The predicted octanol–water partition coefficient (Wildman–Crippen LogP) is 1.11. The summed E-state index contributed by atoms with van der Waals surface area (Å²) in [4.78, 5) is 12.1. The summed E-state index contributed by atoms with van der Waals surface area (Å²) >= 11 is 0. The van der Waals surface area contributed by atoms with E-state index in [0.717, 1.165) is 21.8 Å². The van der Waals surface area contributed by atoms with E-state index in [-0.39, 0.29) is 13.1 Å². The van der Waals surface area contributed by atoms with Gasteiger partial charge in [0.2, 0.25) is 15.9 Å². The number of nitrogens with zero attached hydrogens (tertiary/aromatic N) is 2. The number of hydrogen-bond acceptors (Lipinski definition) is 4. The van der Waals surface area contributed by atoms with Crippen LogP contribution in [-0.2, 0) is 21.4 Å². The molecule has 2 aromatic rings. The molecule has 124 valence electrons. The van der Waals surface area contributed by atoms with Gasteiger partial charge in [-0.1, -0.05) is 12.1 Å². The van der Waals surface area contributed by atoms with Gasteiger partial charge in [0.25, 0.3) is 0 Å². The fourth-order valence-electron chi connectivity index (χ4n) is 2.12. The Hall–Kier alpha value is -2.35. The van der Waals surface area contributed by atoms with E-state index in [9.17, 15) is 13.2 Å². The number of hydrogen-bond donors (Lipinski definition) is 2. The highest BCUT2D eigenvalue weighted by molar-refractivity contribution is 7.92. The molecule has 23 heavy (non-hydrogen) atoms. The summed E-state index contributed by atoms with van der Waals surface area (Å²) < 4.78 is 25.1. The second kappa shape index (κ2) is 6.82. The molecular formula is C15H20N4O3S. The molecule has 1 aromatic carbocycles. The average molecular weight is 336 g/mol. The normalized spacial score (nSPS) is 11.3. The Morgan fingerprint density at radius 1 is 1.30 bits per heavy atom. The molecule has 0 fully saturated rings. The molecule has 0 aliphatic carbocycles. The Morgan fingerprint density at radius 3 is 2.61 bits per heavy atom. The van der Waals surface area contributed by atoms with Crippen LogP contribution in [0.3, 0.4) is 0 Å². The van der Waals surface area contributed by atoms with E-state index in [0.29, 0.717) is 11.4 Å². The second-order valence-electron chi connectivity index (χ2n) is 5.43. The third kappa shape index (κ3) is 4.82. The molecule has 8 heteroatoms. The maximum atomic E-state index is 12.1. The standard InChI is InChI=1S/C15H20N4O3S/c1-11-5-4-6-14(7-11)19(23(3,21)22)10-15(20)16-9-13-8-12(2)17-18-13/h4-8H,9-10H2,1-3H3,(H,16,20)(H,17,18). The number of carbonyl (C=O) groups excluding carboxylic acids is 1. The quantitative estimate of drug-likeness (QED) is 0.826. The van der Waals surface area contributed by atoms with E-state index >= 15 is 0 Å². The Bertz CT molecular complexity index is 799. The van der Waals surface area contributed by atoms with Crippen LogP contribution in [0.2, 0.25) is 0 Å². The lowest BCUT2D eigenvalue weighted by atomic mass is 10.2. The highest BCUT2D eigenvalue weighted by Gasteiger charge is 2.20. The summed E-state index contributed by atoms with van der Waals surface area (Å²) in [6, 6.07) is 8.83. The zero-order chi connectivity index (χ0) is 17.0. The summed E-state index contributed by atoms with van der Waals surface area (Å²) in [5.41, 5.74) is 2.98. The van der Waals surface area contributed by atoms with E-state index in [1.165, 1.54) is 0 Å². The van der Waals surface area contributed by atoms with E-state index < -0.39 is 15.9 Å². The number of aromatic amines is 1. The maximum Gasteiger partial charge on any atom is 0.241 e. The van der Waals surface area contributed by atoms with Crippen LogP contribution in [0.4, 0.5) is 5.69 Å². The number of rotatable bonds is 6. The van der Waals surface area contributed by atoms with Gasteiger partial charge < -0.3 is 5.32 Å². The number of nitrogens with one attached hydrogen (secondary N) is 2. The van der Waals surface area contributed by atoms with Crippen LogP contribution in [-0.4, -0.2) is 37.3 Å². The first kappa shape index (κ1) is 17.0. The van der Waals surface area contributed by atoms with Gasteiger partial charge in [-0.2, -0.15) is 5.10 Å². The molecule has 0 unspecified atom stereocenters. The van der Waals surface area contributed by atoms with Crippen LogP contribution in [0.1, 0.15) is 17.0 Å². The molecule has 0 radical (unpaired) electrons. The third-order valence-electron chi connectivity index (χ3n) is 3.20. The highest BCUT2D eigenvalue weighted by Crippen LogP contribution is 2.18. The number of H-pyrrole nitrogens is 1. The fourth-order valence-corrected chi connectivity index (χ4v) is 2.97. The predicted molar refractivity (Wildman–Crippen MR) is 88.5 cm³/mol. The van der Waals surface area contributed by atoms with E-state index in [1.54, 1.807) is 18.2 Å². The topological polar surface area (TPSA) is 95.2 Å². The van der Waals surface area contributed by atoms with Crippen LogP contribution < -0.4 is 9.62 Å². The largest absolute Gasteiger partial charge is 0.349 e. The average Bonchev–Trinajstić information content (AvgIpc) is 2.87. The molecular weight excluding hydrogens is 316 g/mol. The van der Waals surface area contributed by atoms with Gasteiger partial charge in [0.05, 0.1) is 24.2 Å². The molecule has 1 heterocycles. The van der Waals surface area contributed by atoms with Crippen molar-refractivity contribution in [2.45, 2.75) is 20.4 Å². The van der Waals surface area contributed by atoms with Gasteiger partial charge in [0.1, 0.15) is 6.54 Å². The van der Waals surface area contributed by atoms with Crippen LogP contribution >= 0.6 is 0 Å². The summed E-state index contributed by atoms with van der Waals surface area (Å²) in [6.45, 7) is 3.70. The molecule has 0 saturated heterocycles. The van der Waals surface area contributed by atoms with Crippen molar-refractivity contribution < 1.29 is 13.2 Å². The van der Waals surface area contributed by atoms with E-state index in [2.05, 4.69) is 15.5 Å². The molecule has 1 amide bonds. The van der Waals surface area contributed by atoms with Gasteiger partial charge in [-0.3, -0.25) is 14.2 Å². The van der Waals surface area contributed by atoms with Gasteiger partial charge >= 0.3 is 0 Å². The minimum absolute atomic E-state index is 0.245. The molecule has 0 aliphatic heterocycles. The minimum atomic E-state index is -3.56. The summed E-state index contributed by atoms with van der Waals surface area (Å²) in [7, 11) is -3.56. The van der Waals surface area contributed by atoms with Crippen molar-refractivity contribution in [3.63, 3.8) is 0 Å². The van der Waals surface area contributed by atoms with Crippen LogP contribution in [0, 0.1) is 13.8 Å². The van der Waals surface area contributed by atoms with Crippen LogP contribution in [0.15, 0.2) is 30.3 Å². The summed E-state index contributed by atoms with van der Waals surface area (Å²) in [5.74, 6) is -0.391. The van der Waals surface area contributed by atoms with Crippen molar-refractivity contribution in [1.29, 1.82) is 0 Å². The lowest BCUT2D eigenvalue weighted by molar-refractivity contribution is -0.119. The lowest BCUT2D eigenvalue weighted by Crippen LogP contribution is -2.40. The minimum Gasteiger partial charge on any atom is -0.349 e. The number of carbonyl (C=O) groups is 1. The highest BCUT2D eigenvalue weighted by atomic mass is 32.2. The second-order valence-corrected chi connectivity index (χ2v) is 7.33. The van der Waals surface area contributed by atoms with Crippen molar-refractivity contribution in [2.75, 3.05) is 17.1 Å². The Kier molecular flexibility index (Phi) is 5.05. The first-order valence-electron chi connectivity index (χ1n) is 7.07. The van der Waals surface area contributed by atoms with Gasteiger partial charge in [0, 0.05) is 5.69 Å². The molecule has 2 N–H and O–H groups in total. The number of anilines is 1. The first-order chi connectivity index (χ1) is 10.8. The number of aryl methyl sites for hydroxylation is 2. The van der Waals surface area contributed by atoms with Crippen LogP contribution in [0.5, 0.6) is 0 Å². The first-order valence-corrected chi connectivity index (χ1v) is 8.92. The Balaban J connectivity index is 2.07. The van der Waals surface area contributed by atoms with Crippen LogP contribution in [0.25, 0.3) is 0 Å². The molecule has 0 spiro atoms. The Morgan fingerprint density at radius 2 is 2.04 bits per heavy atom. The van der Waals surface area contributed by atoms with Gasteiger partial charge in [-0.05, 0) is 37.6 Å². The molecule has 0 saturated carbocycles. The molecule has 0 aliphatic rings. The van der Waals surface area contributed by atoms with Crippen molar-refractivity contribution in [2.24, 2.45) is 0 Å². The van der Waals surface area contributed by atoms with E-state index in [4.69, 9.17) is 0 Å². The number of aromatic nitrogens is 2. The van der Waals surface area contributed by atoms with Gasteiger partial charge in [-0.25, -0.2) is 8.42 Å². The monoisotopic (exact) mass is 336 g/mol. The third-order valence-corrected chi connectivity index (χ3v) is 4.34. The SMILES string of the molecule is Cc1cccc(N(CC(=O)NCc2cc(C)[nH]n2)S(C)(=O)=O)c1. The van der Waals surface area contributed by atoms with Gasteiger partial charge in [-0.15, -0.1) is 0 Å². The van der Waals surface area contributed by atoms with Crippen molar-refractivity contribution in [1.82, 2.24) is 15.5 Å². The number of sulfonamides is 1. The lowest BCUT2D eigenvalue weighted by Gasteiger charge is -2.22. The summed E-state index contributed by atoms with van der Waals surface area (Å²) in [6.07, 6.45) is 1.08. The van der Waals surface area contributed by atoms with E-state index in [1.807, 2.05) is 26.0 Å². The van der Waals surface area contributed by atoms with Gasteiger partial charge in [0.15, 0.2) is 0 Å². The van der Waals surface area contributed by atoms with Crippen molar-refractivity contribution >= 4 is 21.6 Å². The smallest absolute Gasteiger partial charge is 0.241 e. The van der Waals surface area contributed by atoms with Crippen molar-refractivity contribution in [3.05, 3.63) is 47.3 Å². The molecule has 0 atom stereocenters. The summed E-state index contributed by atoms with van der Waals surface area (Å²) in [5, 5.41) is 9.47. The van der Waals surface area contributed by atoms with Crippen molar-refractivity contribution in [3.8, 4) is 0 Å². The maximum absolute atomic E-state index is 12.1. The molecule has 7 nitrogen and oxygen atoms in total. The molecule has 0 bridgehead atoms. The zero-order valence-corrected chi connectivity index (χ0v) is 14.1. The fraction of sp³-hybridized carbons (Fsp3) is 0.333. The zero-order valence-electron chi connectivity index (χ0n) is 13.3. The molecule has 1 aromatic heterocycles. The number of benzene rings is 1.